The normalized spacial score (nSPS) is 16.4. The van der Waals surface area contributed by atoms with Crippen LogP contribution in [0.15, 0.2) is 34.2 Å². The van der Waals surface area contributed by atoms with Crippen molar-refractivity contribution in [1.29, 1.82) is 0 Å². The van der Waals surface area contributed by atoms with Crippen molar-refractivity contribution in [1.82, 2.24) is 14.9 Å². The van der Waals surface area contributed by atoms with Crippen molar-refractivity contribution >= 4 is 28.6 Å². The Morgan fingerprint density at radius 2 is 2.07 bits per heavy atom. The van der Waals surface area contributed by atoms with E-state index in [2.05, 4.69) is 10.3 Å². The third kappa shape index (κ3) is 4.90. The lowest BCUT2D eigenvalue weighted by Crippen LogP contribution is -2.37. The van der Waals surface area contributed by atoms with Crippen LogP contribution < -0.4 is 10.9 Å². The molecule has 0 spiro atoms. The summed E-state index contributed by atoms with van der Waals surface area (Å²) in [5, 5.41) is 4.25. The van der Waals surface area contributed by atoms with Gasteiger partial charge >= 0.3 is 0 Å². The van der Waals surface area contributed by atoms with Gasteiger partial charge in [-0.15, -0.1) is 0 Å². The quantitative estimate of drug-likeness (QED) is 0.582. The van der Waals surface area contributed by atoms with E-state index in [0.717, 1.165) is 12.8 Å². The molecule has 1 aromatic carbocycles. The van der Waals surface area contributed by atoms with Gasteiger partial charge in [0, 0.05) is 13.2 Å². The van der Waals surface area contributed by atoms with Crippen molar-refractivity contribution < 1.29 is 9.53 Å². The highest BCUT2D eigenvalue weighted by Gasteiger charge is 2.19. The molecule has 2 aromatic rings. The SMILES string of the molecule is COCC(C)n1c(SCC(=O)NC2CCCCC2)nc2ccccc2c1=O. The second kappa shape index (κ2) is 9.37. The van der Waals surface area contributed by atoms with Crippen LogP contribution in [-0.4, -0.2) is 41.0 Å². The van der Waals surface area contributed by atoms with Gasteiger partial charge in [0.15, 0.2) is 5.16 Å². The van der Waals surface area contributed by atoms with Gasteiger partial charge in [-0.05, 0) is 31.9 Å². The van der Waals surface area contributed by atoms with Crippen LogP contribution in [0.4, 0.5) is 0 Å². The third-order valence-electron chi connectivity index (χ3n) is 4.93. The lowest BCUT2D eigenvalue weighted by molar-refractivity contribution is -0.119. The minimum atomic E-state index is -0.163. The predicted octanol–water partition coefficient (Wildman–Crippen LogP) is 3.14. The monoisotopic (exact) mass is 389 g/mol. The first-order valence-corrected chi connectivity index (χ1v) is 10.5. The standard InChI is InChI=1S/C20H27N3O3S/c1-14(12-26-2)23-19(25)16-10-6-7-11-17(16)22-20(23)27-13-18(24)21-15-8-4-3-5-9-15/h6-7,10-11,14-15H,3-5,8-9,12-13H2,1-2H3,(H,21,24). The summed E-state index contributed by atoms with van der Waals surface area (Å²) in [6, 6.07) is 7.43. The Kier molecular flexibility index (Phi) is 6.90. The summed E-state index contributed by atoms with van der Waals surface area (Å²) in [5.74, 6) is 0.251. The number of aromatic nitrogens is 2. The summed E-state index contributed by atoms with van der Waals surface area (Å²) in [6.45, 7) is 2.33. The number of fused-ring (bicyclic) bond motifs is 1. The Bertz CT molecular complexity index is 846. The zero-order valence-electron chi connectivity index (χ0n) is 15.9. The fourth-order valence-corrected chi connectivity index (χ4v) is 4.49. The van der Waals surface area contributed by atoms with Crippen molar-refractivity contribution in [3.8, 4) is 0 Å². The van der Waals surface area contributed by atoms with Crippen LogP contribution in [-0.2, 0) is 9.53 Å². The molecule has 1 heterocycles. The maximum Gasteiger partial charge on any atom is 0.262 e. The van der Waals surface area contributed by atoms with Crippen LogP contribution in [0.5, 0.6) is 0 Å². The van der Waals surface area contributed by atoms with Crippen LogP contribution in [0, 0.1) is 0 Å². The number of ether oxygens (including phenoxy) is 1. The molecule has 1 atom stereocenters. The number of carbonyl (C=O) groups excluding carboxylic acids is 1. The second-order valence-corrected chi connectivity index (χ2v) is 8.02. The van der Waals surface area contributed by atoms with Gasteiger partial charge in [-0.2, -0.15) is 0 Å². The first-order chi connectivity index (χ1) is 13.1. The summed E-state index contributed by atoms with van der Waals surface area (Å²) in [7, 11) is 1.61. The topological polar surface area (TPSA) is 73.2 Å². The van der Waals surface area contributed by atoms with Crippen LogP contribution in [0.2, 0.25) is 0 Å². The zero-order chi connectivity index (χ0) is 19.2. The molecule has 1 unspecified atom stereocenters. The van der Waals surface area contributed by atoms with Crippen LogP contribution >= 0.6 is 11.8 Å². The van der Waals surface area contributed by atoms with Gasteiger partial charge in [-0.3, -0.25) is 14.2 Å². The molecular formula is C20H27N3O3S. The van der Waals surface area contributed by atoms with Crippen molar-refractivity contribution in [2.45, 2.75) is 56.3 Å². The van der Waals surface area contributed by atoms with Crippen LogP contribution in [0.25, 0.3) is 10.9 Å². The lowest BCUT2D eigenvalue weighted by atomic mass is 9.95. The van der Waals surface area contributed by atoms with E-state index >= 15 is 0 Å². The van der Waals surface area contributed by atoms with Crippen molar-refractivity contribution in [2.75, 3.05) is 19.5 Å². The number of para-hydroxylation sites is 1. The Morgan fingerprint density at radius 3 is 2.81 bits per heavy atom. The van der Waals surface area contributed by atoms with E-state index in [1.54, 1.807) is 17.7 Å². The highest BCUT2D eigenvalue weighted by Crippen LogP contribution is 2.22. The smallest absolute Gasteiger partial charge is 0.262 e. The number of carbonyl (C=O) groups is 1. The van der Waals surface area contributed by atoms with Crippen molar-refractivity contribution in [2.24, 2.45) is 0 Å². The summed E-state index contributed by atoms with van der Waals surface area (Å²) >= 11 is 1.31. The molecule has 0 saturated heterocycles. The summed E-state index contributed by atoms with van der Waals surface area (Å²) < 4.78 is 6.87. The van der Waals surface area contributed by atoms with E-state index < -0.39 is 0 Å². The summed E-state index contributed by atoms with van der Waals surface area (Å²) in [4.78, 5) is 30.0. The summed E-state index contributed by atoms with van der Waals surface area (Å²) in [6.07, 6.45) is 5.73. The Labute approximate surface area is 163 Å². The molecule has 27 heavy (non-hydrogen) atoms. The highest BCUT2D eigenvalue weighted by molar-refractivity contribution is 7.99. The molecule has 1 N–H and O–H groups in total. The summed E-state index contributed by atoms with van der Waals surface area (Å²) in [5.41, 5.74) is 0.555. The molecule has 1 fully saturated rings. The number of methoxy groups -OCH3 is 1. The largest absolute Gasteiger partial charge is 0.383 e. The molecule has 7 heteroatoms. The molecule has 0 aliphatic heterocycles. The molecule has 0 bridgehead atoms. The van der Waals surface area contributed by atoms with E-state index in [0.29, 0.717) is 22.7 Å². The third-order valence-corrected chi connectivity index (χ3v) is 5.88. The van der Waals surface area contributed by atoms with Crippen LogP contribution in [0.3, 0.4) is 0 Å². The van der Waals surface area contributed by atoms with Crippen molar-refractivity contribution in [3.05, 3.63) is 34.6 Å². The highest BCUT2D eigenvalue weighted by atomic mass is 32.2. The van der Waals surface area contributed by atoms with Gasteiger partial charge in [0.25, 0.3) is 5.56 Å². The van der Waals surface area contributed by atoms with Crippen molar-refractivity contribution in [3.63, 3.8) is 0 Å². The van der Waals surface area contributed by atoms with Gasteiger partial charge in [0.05, 0.1) is 29.3 Å². The number of hydrogen-bond acceptors (Lipinski definition) is 5. The number of nitrogens with one attached hydrogen (secondary N) is 1. The fourth-order valence-electron chi connectivity index (χ4n) is 3.58. The Balaban J connectivity index is 1.80. The first kappa shape index (κ1) is 19.9. The lowest BCUT2D eigenvalue weighted by Gasteiger charge is -2.23. The zero-order valence-corrected chi connectivity index (χ0v) is 16.8. The predicted molar refractivity (Wildman–Crippen MR) is 108 cm³/mol. The molecular weight excluding hydrogens is 362 g/mol. The van der Waals surface area contributed by atoms with E-state index in [1.807, 2.05) is 25.1 Å². The maximum absolute atomic E-state index is 13.0. The minimum Gasteiger partial charge on any atom is -0.383 e. The number of nitrogens with zero attached hydrogens (tertiary/aromatic N) is 2. The molecule has 3 rings (SSSR count). The second-order valence-electron chi connectivity index (χ2n) is 7.08. The minimum absolute atomic E-state index is 0.000234. The molecule has 146 valence electrons. The van der Waals surface area contributed by atoms with Gasteiger partial charge in [0.2, 0.25) is 5.91 Å². The molecule has 1 aromatic heterocycles. The average molecular weight is 390 g/mol. The molecule has 6 nitrogen and oxygen atoms in total. The Morgan fingerprint density at radius 1 is 1.33 bits per heavy atom. The maximum atomic E-state index is 13.0. The van der Waals surface area contributed by atoms with Gasteiger partial charge in [-0.1, -0.05) is 43.2 Å². The number of rotatable bonds is 7. The average Bonchev–Trinajstić information content (AvgIpc) is 2.67. The number of amides is 1. The fraction of sp³-hybridized carbons (Fsp3) is 0.550. The van der Waals surface area contributed by atoms with E-state index in [4.69, 9.17) is 4.74 Å². The van der Waals surface area contributed by atoms with Gasteiger partial charge in [0.1, 0.15) is 0 Å². The molecule has 0 radical (unpaired) electrons. The van der Waals surface area contributed by atoms with Crippen LogP contribution in [0.1, 0.15) is 45.1 Å². The number of hydrogen-bond donors (Lipinski definition) is 1. The molecule has 1 amide bonds. The molecule has 1 aliphatic carbocycles. The Hall–Kier alpha value is -1.86. The number of benzene rings is 1. The number of thioether (sulfide) groups is 1. The van der Waals surface area contributed by atoms with E-state index in [-0.39, 0.29) is 29.3 Å². The van der Waals surface area contributed by atoms with Gasteiger partial charge in [-0.25, -0.2) is 4.98 Å². The van der Waals surface area contributed by atoms with Gasteiger partial charge < -0.3 is 10.1 Å². The molecule has 1 saturated carbocycles. The van der Waals surface area contributed by atoms with E-state index in [9.17, 15) is 9.59 Å². The van der Waals surface area contributed by atoms with E-state index in [1.165, 1.54) is 31.0 Å². The molecule has 1 aliphatic rings. The first-order valence-electron chi connectivity index (χ1n) is 9.52.